The molecule has 0 aliphatic rings. The van der Waals surface area contributed by atoms with E-state index in [4.69, 9.17) is 4.42 Å². The van der Waals surface area contributed by atoms with Crippen molar-refractivity contribution in [3.05, 3.63) is 46.0 Å². The maximum Gasteiger partial charge on any atom is 0.257 e. The number of thiophene rings is 1. The zero-order valence-electron chi connectivity index (χ0n) is 9.27. The summed E-state index contributed by atoms with van der Waals surface area (Å²) in [7, 11) is 1.80. The van der Waals surface area contributed by atoms with Crippen molar-refractivity contribution in [3.8, 4) is 0 Å². The Hall–Kier alpha value is -1.55. The Morgan fingerprint density at radius 1 is 1.50 bits per heavy atom. The van der Waals surface area contributed by atoms with Gasteiger partial charge in [0.05, 0.1) is 11.8 Å². The molecule has 0 unspecified atom stereocenters. The fourth-order valence-corrected chi connectivity index (χ4v) is 2.20. The van der Waals surface area contributed by atoms with Crippen molar-refractivity contribution in [2.75, 3.05) is 7.05 Å². The van der Waals surface area contributed by atoms with Crippen LogP contribution in [0.3, 0.4) is 0 Å². The molecule has 0 saturated heterocycles. The molecule has 0 saturated carbocycles. The fourth-order valence-electron chi connectivity index (χ4n) is 1.54. The molecule has 0 radical (unpaired) electrons. The molecule has 3 nitrogen and oxygen atoms in total. The van der Waals surface area contributed by atoms with Crippen molar-refractivity contribution in [2.45, 2.75) is 13.5 Å². The Bertz CT molecular complexity index is 473. The van der Waals surface area contributed by atoms with E-state index in [-0.39, 0.29) is 5.91 Å². The third kappa shape index (κ3) is 2.17. The van der Waals surface area contributed by atoms with Gasteiger partial charge in [0.15, 0.2) is 0 Å². The van der Waals surface area contributed by atoms with Crippen LogP contribution in [-0.4, -0.2) is 17.9 Å². The van der Waals surface area contributed by atoms with Crippen LogP contribution in [0.2, 0.25) is 0 Å². The quantitative estimate of drug-likeness (QED) is 0.819. The first-order valence-corrected chi connectivity index (χ1v) is 5.93. The second-order valence-electron chi connectivity index (χ2n) is 3.68. The number of hydrogen-bond acceptors (Lipinski definition) is 3. The number of aryl methyl sites for hydroxylation is 1. The van der Waals surface area contributed by atoms with Crippen LogP contribution in [0, 0.1) is 6.92 Å². The molecule has 0 aromatic carbocycles. The summed E-state index contributed by atoms with van der Waals surface area (Å²) in [6.45, 7) is 2.43. The van der Waals surface area contributed by atoms with Gasteiger partial charge in [-0.2, -0.15) is 11.3 Å². The average Bonchev–Trinajstić information content (AvgIpc) is 2.88. The molecule has 0 N–H and O–H groups in total. The molecule has 0 fully saturated rings. The van der Waals surface area contributed by atoms with Gasteiger partial charge in [-0.25, -0.2) is 0 Å². The number of furan rings is 1. The first-order chi connectivity index (χ1) is 7.68. The first-order valence-electron chi connectivity index (χ1n) is 4.99. The van der Waals surface area contributed by atoms with Gasteiger partial charge in [0.1, 0.15) is 5.76 Å². The molecule has 4 heteroatoms. The largest absolute Gasteiger partial charge is 0.469 e. The second kappa shape index (κ2) is 4.53. The smallest absolute Gasteiger partial charge is 0.257 e. The Kier molecular flexibility index (Phi) is 3.10. The van der Waals surface area contributed by atoms with Crippen LogP contribution >= 0.6 is 11.3 Å². The third-order valence-corrected chi connectivity index (χ3v) is 3.17. The van der Waals surface area contributed by atoms with Crippen molar-refractivity contribution >= 4 is 17.2 Å². The molecule has 0 spiro atoms. The highest BCUT2D eigenvalue weighted by Crippen LogP contribution is 2.14. The number of nitrogens with zero attached hydrogens (tertiary/aromatic N) is 1. The zero-order chi connectivity index (χ0) is 11.5. The van der Waals surface area contributed by atoms with Gasteiger partial charge in [-0.3, -0.25) is 4.79 Å². The Labute approximate surface area is 98.3 Å². The predicted molar refractivity (Wildman–Crippen MR) is 63.6 cm³/mol. The maximum absolute atomic E-state index is 12.0. The highest BCUT2D eigenvalue weighted by atomic mass is 32.1. The molecule has 16 heavy (non-hydrogen) atoms. The van der Waals surface area contributed by atoms with Gasteiger partial charge in [-0.1, -0.05) is 0 Å². The molecule has 0 aliphatic carbocycles. The third-order valence-electron chi connectivity index (χ3n) is 2.44. The molecule has 2 aromatic rings. The van der Waals surface area contributed by atoms with E-state index in [0.717, 1.165) is 5.56 Å². The SMILES string of the molecule is Cc1occc1C(=O)N(C)Cc1ccsc1. The summed E-state index contributed by atoms with van der Waals surface area (Å²) >= 11 is 1.64. The molecular formula is C12H13NO2S. The van der Waals surface area contributed by atoms with E-state index in [1.165, 1.54) is 0 Å². The monoisotopic (exact) mass is 235 g/mol. The van der Waals surface area contributed by atoms with E-state index in [1.807, 2.05) is 16.8 Å². The Morgan fingerprint density at radius 3 is 2.88 bits per heavy atom. The predicted octanol–water partition coefficient (Wildman–Crippen LogP) is 2.92. The normalized spacial score (nSPS) is 10.4. The Morgan fingerprint density at radius 2 is 2.31 bits per heavy atom. The molecule has 0 aliphatic heterocycles. The van der Waals surface area contributed by atoms with Crippen LogP contribution < -0.4 is 0 Å². The lowest BCUT2D eigenvalue weighted by Crippen LogP contribution is -2.26. The topological polar surface area (TPSA) is 33.5 Å². The number of carbonyl (C=O) groups excluding carboxylic acids is 1. The summed E-state index contributed by atoms with van der Waals surface area (Å²) < 4.78 is 5.13. The summed E-state index contributed by atoms with van der Waals surface area (Å²) in [5.41, 5.74) is 1.79. The highest BCUT2D eigenvalue weighted by Gasteiger charge is 2.16. The summed E-state index contributed by atoms with van der Waals surface area (Å²) in [6, 6.07) is 3.73. The van der Waals surface area contributed by atoms with Crippen LogP contribution in [0.4, 0.5) is 0 Å². The van der Waals surface area contributed by atoms with Crippen LogP contribution in [0.1, 0.15) is 21.7 Å². The molecule has 2 heterocycles. The number of rotatable bonds is 3. The van der Waals surface area contributed by atoms with Crippen molar-refractivity contribution in [1.29, 1.82) is 0 Å². The van der Waals surface area contributed by atoms with E-state index in [9.17, 15) is 4.79 Å². The standard InChI is InChI=1S/C12H13NO2S/c1-9-11(3-5-15-9)12(14)13(2)7-10-4-6-16-8-10/h3-6,8H,7H2,1-2H3. The van der Waals surface area contributed by atoms with E-state index in [0.29, 0.717) is 17.9 Å². The molecule has 1 amide bonds. The molecular weight excluding hydrogens is 222 g/mol. The van der Waals surface area contributed by atoms with Crippen molar-refractivity contribution in [3.63, 3.8) is 0 Å². The highest BCUT2D eigenvalue weighted by molar-refractivity contribution is 7.07. The van der Waals surface area contributed by atoms with E-state index >= 15 is 0 Å². The molecule has 84 valence electrons. The summed E-state index contributed by atoms with van der Waals surface area (Å²) in [5, 5.41) is 4.06. The minimum Gasteiger partial charge on any atom is -0.469 e. The lowest BCUT2D eigenvalue weighted by Gasteiger charge is -2.15. The van der Waals surface area contributed by atoms with E-state index in [1.54, 1.807) is 42.5 Å². The maximum atomic E-state index is 12.0. The number of hydrogen-bond donors (Lipinski definition) is 0. The van der Waals surface area contributed by atoms with Gasteiger partial charge in [0.2, 0.25) is 0 Å². The van der Waals surface area contributed by atoms with Gasteiger partial charge in [0.25, 0.3) is 5.91 Å². The number of carbonyl (C=O) groups is 1. The van der Waals surface area contributed by atoms with E-state index < -0.39 is 0 Å². The van der Waals surface area contributed by atoms with Gasteiger partial charge in [-0.05, 0) is 35.4 Å². The Balaban J connectivity index is 2.08. The van der Waals surface area contributed by atoms with Crippen LogP contribution in [0.25, 0.3) is 0 Å². The summed E-state index contributed by atoms with van der Waals surface area (Å²) in [4.78, 5) is 13.7. The summed E-state index contributed by atoms with van der Waals surface area (Å²) in [5.74, 6) is 0.666. The van der Waals surface area contributed by atoms with Crippen molar-refractivity contribution in [2.24, 2.45) is 0 Å². The lowest BCUT2D eigenvalue weighted by molar-refractivity contribution is 0.0783. The number of amides is 1. The summed E-state index contributed by atoms with van der Waals surface area (Å²) in [6.07, 6.45) is 1.54. The minimum absolute atomic E-state index is 0.00236. The lowest BCUT2D eigenvalue weighted by atomic mass is 10.2. The van der Waals surface area contributed by atoms with Crippen molar-refractivity contribution in [1.82, 2.24) is 4.90 Å². The van der Waals surface area contributed by atoms with E-state index in [2.05, 4.69) is 0 Å². The molecule has 0 atom stereocenters. The minimum atomic E-state index is -0.00236. The van der Waals surface area contributed by atoms with Crippen LogP contribution in [-0.2, 0) is 6.54 Å². The fraction of sp³-hybridized carbons (Fsp3) is 0.250. The van der Waals surface area contributed by atoms with Crippen molar-refractivity contribution < 1.29 is 9.21 Å². The molecule has 2 rings (SSSR count). The van der Waals surface area contributed by atoms with Gasteiger partial charge >= 0.3 is 0 Å². The average molecular weight is 235 g/mol. The zero-order valence-corrected chi connectivity index (χ0v) is 10.1. The second-order valence-corrected chi connectivity index (χ2v) is 4.46. The van der Waals surface area contributed by atoms with Gasteiger partial charge < -0.3 is 9.32 Å². The van der Waals surface area contributed by atoms with Crippen LogP contribution in [0.15, 0.2) is 33.6 Å². The molecule has 0 bridgehead atoms. The first kappa shape index (κ1) is 11.0. The van der Waals surface area contributed by atoms with Gasteiger partial charge in [-0.15, -0.1) is 0 Å². The molecule has 2 aromatic heterocycles. The van der Waals surface area contributed by atoms with Crippen LogP contribution in [0.5, 0.6) is 0 Å². The van der Waals surface area contributed by atoms with Gasteiger partial charge in [0, 0.05) is 13.6 Å².